The van der Waals surface area contributed by atoms with Crippen LogP contribution in [0.2, 0.25) is 0 Å². The van der Waals surface area contributed by atoms with Crippen LogP contribution in [0.5, 0.6) is 0 Å². The average molecular weight is 1850 g/mol. The van der Waals surface area contributed by atoms with Gasteiger partial charge in [-0.3, -0.25) is 0 Å². The molecule has 0 saturated carbocycles. The number of ether oxygens (including phenoxy) is 5. The van der Waals surface area contributed by atoms with Gasteiger partial charge in [-0.15, -0.1) is 0 Å². The monoisotopic (exact) mass is 1850 g/mol. The molecule has 7 atom stereocenters. The van der Waals surface area contributed by atoms with Crippen molar-refractivity contribution in [3.8, 4) is 0 Å². The van der Waals surface area contributed by atoms with Crippen molar-refractivity contribution in [1.82, 2.24) is 9.80 Å². The molecule has 0 aromatic heterocycles. The third-order valence-electron chi connectivity index (χ3n) is 34.7. The quantitative estimate of drug-likeness (QED) is 0.166. The summed E-state index contributed by atoms with van der Waals surface area (Å²) >= 11 is 0. The number of benzene rings is 7. The second kappa shape index (κ2) is 40.0. The number of piperidine rings is 2. The number of nitrogens with zero attached hydrogens (tertiary/aromatic N) is 6. The van der Waals surface area contributed by atoms with E-state index in [4.69, 9.17) is 23.7 Å². The molecule has 7 aromatic rings. The van der Waals surface area contributed by atoms with Gasteiger partial charge >= 0.3 is 0 Å². The fraction of sp³-hybridized carbons (Fsp3) is 0.664. The van der Waals surface area contributed by atoms with E-state index >= 15 is 0 Å². The highest BCUT2D eigenvalue weighted by Gasteiger charge is 2.54. The van der Waals surface area contributed by atoms with Crippen molar-refractivity contribution in [1.29, 1.82) is 0 Å². The Balaban J connectivity index is 0.000000121. The fourth-order valence-electron chi connectivity index (χ4n) is 27.5. The smallest absolute Gasteiger partial charge is 0.113 e. The first-order chi connectivity index (χ1) is 63.9. The molecule has 136 heavy (non-hydrogen) atoms. The lowest BCUT2D eigenvalue weighted by Crippen LogP contribution is -2.50. The van der Waals surface area contributed by atoms with Crippen molar-refractivity contribution >= 4 is 22.7 Å². The molecule has 0 amide bonds. The van der Waals surface area contributed by atoms with E-state index in [-0.39, 0.29) is 38.8 Å². The summed E-state index contributed by atoms with van der Waals surface area (Å²) in [6.07, 6.45) is 23.9. The minimum atomic E-state index is -0.0239. The Kier molecular flexibility index (Phi) is 30.5. The molecule has 3 aliphatic carbocycles. The summed E-state index contributed by atoms with van der Waals surface area (Å²) in [7, 11) is 0. The molecule has 21 rings (SSSR count). The van der Waals surface area contributed by atoms with Crippen molar-refractivity contribution in [2.24, 2.45) is 27.1 Å². The van der Waals surface area contributed by atoms with Crippen LogP contribution in [0.4, 0.5) is 22.7 Å². The van der Waals surface area contributed by atoms with Crippen LogP contribution in [0.3, 0.4) is 0 Å². The summed E-state index contributed by atoms with van der Waals surface area (Å²) in [5.74, 6) is 2.08. The van der Waals surface area contributed by atoms with Gasteiger partial charge in [0, 0.05) is 144 Å². The Morgan fingerprint density at radius 1 is 0.250 bits per heavy atom. The third kappa shape index (κ3) is 22.4. The zero-order valence-corrected chi connectivity index (χ0v) is 90.8. The maximum Gasteiger partial charge on any atom is 0.113 e. The maximum absolute atomic E-state index is 6.17. The van der Waals surface area contributed by atoms with Crippen molar-refractivity contribution in [3.05, 3.63) is 225 Å². The molecular weight excluding hydrogens is 1670 g/mol. The van der Waals surface area contributed by atoms with Crippen LogP contribution in [-0.2, 0) is 62.0 Å². The van der Waals surface area contributed by atoms with Crippen molar-refractivity contribution in [3.63, 3.8) is 0 Å². The molecule has 7 unspecified atom stereocenters. The van der Waals surface area contributed by atoms with E-state index in [2.05, 4.69) is 386 Å². The van der Waals surface area contributed by atoms with E-state index < -0.39 is 0 Å². The number of anilines is 4. The summed E-state index contributed by atoms with van der Waals surface area (Å²) in [6.45, 7) is 82.6. The predicted molar refractivity (Wildman–Crippen MR) is 576 cm³/mol. The highest BCUT2D eigenvalue weighted by Crippen LogP contribution is 2.59. The third-order valence-corrected chi connectivity index (χ3v) is 34.7. The number of hydrogen-bond donors (Lipinski definition) is 0. The van der Waals surface area contributed by atoms with Gasteiger partial charge in [0.25, 0.3) is 0 Å². The number of fused-ring (bicyclic) bond motifs is 14. The zero-order valence-electron chi connectivity index (χ0n) is 90.8. The Hall–Kier alpha value is -6.54. The van der Waals surface area contributed by atoms with Crippen LogP contribution in [0.1, 0.15) is 382 Å². The SMILES string of the molecule is CC(C)(C)C1CCC2(CCCO2)c2ccccc21.CC(C)(C)C1CCC2(CCOC2)c2ccccc21.CC(C)(C)CN1CCC2(CC1)CN(C(C)(C)C)c1ccccc12.CC(C)(C)CN1CCC2(CCC(C(C)(C)C)c3ccccc32)CC1.CC(C)(C)N1CC2(CCCO2)c2ccccc21.CC(C)(C)N1CC2(CCOC2)c2ccccc21.CC(C)(C)N1CCC2(CCOCC2)c2ccccc21. The van der Waals surface area contributed by atoms with Crippen molar-refractivity contribution in [2.45, 2.75) is 387 Å². The van der Waals surface area contributed by atoms with Crippen molar-refractivity contribution in [2.75, 3.05) is 138 Å². The first-order valence-electron chi connectivity index (χ1n) is 54.1. The first kappa shape index (κ1) is 104. The Labute approximate surface area is 828 Å². The molecule has 7 saturated heterocycles. The standard InChI is InChI=1S/C23H37N.C21H34N2.C17H25NO.2C17H24O.2C15H21NO/c1-21(2,3)17-24-15-13-23(14-16-24)12-11-19(22(4,5)6)18-9-7-8-10-20(18)23;1-19(2,3)15-22-13-11-21(12-14-22)16-23(20(4,5)6)18-10-8-7-9-17(18)21;1-16(2,3)18-11-8-17(9-12-19-13-10-17)14-6-4-5-7-15(14)18;1-16(2,3)14-9-11-17(10-6-12-18-17)15-8-5-4-7-13(14)15;1-16(2,3)14-8-9-17(10-11-18-12-17)15-7-5-4-6-13(14)15;1-14(2,3)16-11-15(9-6-10-17-15)12-7-4-5-8-13(12)16;1-14(2,3)16-10-15(8-9-17-11-15)12-6-4-5-7-13(12)16/h7-10,19H,11-17H2,1-6H3;7-10H,11-16H2,1-6H3;4-7H,8-13H2,1-3H3;4-5,7-8,14H,6,9-12H2,1-3H3;4-7,14H,8-12H2,1-3H3;4-5,7-8H,6,9-11H2,1-3H3;4-7H,8-11H2,1-3H3. The second-order valence-electron chi connectivity index (χ2n) is 54.2. The molecule has 14 aliphatic rings. The molecule has 0 bridgehead atoms. The molecule has 11 aliphatic heterocycles. The minimum absolute atomic E-state index is 0.0239. The summed E-state index contributed by atoms with van der Waals surface area (Å²) < 4.78 is 29.3. The topological polar surface area (TPSA) is 65.6 Å². The molecule has 11 nitrogen and oxygen atoms in total. The molecule has 0 N–H and O–H groups in total. The number of likely N-dealkylation sites (tertiary alicyclic amines) is 2. The van der Waals surface area contributed by atoms with E-state index in [1.807, 2.05) is 0 Å². The van der Waals surface area contributed by atoms with Crippen LogP contribution in [-0.4, -0.2) is 150 Å². The van der Waals surface area contributed by atoms with E-state index in [0.717, 1.165) is 78.8 Å². The molecule has 11 heteroatoms. The normalized spacial score (nSPS) is 26.5. The van der Waals surface area contributed by atoms with Crippen LogP contribution in [0.15, 0.2) is 170 Å². The van der Waals surface area contributed by atoms with Gasteiger partial charge in [0.05, 0.1) is 25.4 Å². The Morgan fingerprint density at radius 2 is 0.551 bits per heavy atom. The summed E-state index contributed by atoms with van der Waals surface area (Å²) in [6, 6.07) is 63.3. The van der Waals surface area contributed by atoms with Gasteiger partial charge in [0.15, 0.2) is 0 Å². The summed E-state index contributed by atoms with van der Waals surface area (Å²) in [5, 5.41) is 0. The van der Waals surface area contributed by atoms with Crippen LogP contribution in [0, 0.1) is 27.1 Å². The highest BCUT2D eigenvalue weighted by molar-refractivity contribution is 5.67. The van der Waals surface area contributed by atoms with E-state index in [0.29, 0.717) is 66.5 Å². The highest BCUT2D eigenvalue weighted by atomic mass is 16.5. The van der Waals surface area contributed by atoms with E-state index in [1.165, 1.54) is 207 Å². The van der Waals surface area contributed by atoms with E-state index in [9.17, 15) is 0 Å². The zero-order chi connectivity index (χ0) is 97.8. The maximum atomic E-state index is 6.17. The first-order valence-corrected chi connectivity index (χ1v) is 54.1. The lowest BCUT2D eigenvalue weighted by Gasteiger charge is -2.50. The molecule has 11 heterocycles. The Morgan fingerprint density at radius 3 is 0.963 bits per heavy atom. The van der Waals surface area contributed by atoms with Gasteiger partial charge in [-0.1, -0.05) is 249 Å². The largest absolute Gasteiger partial charge is 0.381 e. The Bertz CT molecular complexity index is 4910. The van der Waals surface area contributed by atoms with Gasteiger partial charge in [-0.25, -0.2) is 0 Å². The number of rotatable bonds is 2. The second-order valence-corrected chi connectivity index (χ2v) is 54.2. The van der Waals surface area contributed by atoms with Gasteiger partial charge < -0.3 is 53.1 Å². The fourth-order valence-corrected chi connectivity index (χ4v) is 27.5. The van der Waals surface area contributed by atoms with Crippen LogP contribution >= 0.6 is 0 Å². The van der Waals surface area contributed by atoms with Gasteiger partial charge in [0.2, 0.25) is 0 Å². The number of para-hydroxylation sites is 4. The van der Waals surface area contributed by atoms with Crippen LogP contribution < -0.4 is 19.6 Å². The van der Waals surface area contributed by atoms with Gasteiger partial charge in [-0.05, 0) is 356 Å². The van der Waals surface area contributed by atoms with E-state index in [1.54, 1.807) is 33.4 Å². The minimum Gasteiger partial charge on any atom is -0.381 e. The number of hydrogen-bond acceptors (Lipinski definition) is 11. The summed E-state index contributed by atoms with van der Waals surface area (Å²) in [4.78, 5) is 15.6. The predicted octanol–water partition coefficient (Wildman–Crippen LogP) is 29.6. The molecule has 7 fully saturated rings. The molecule has 0 radical (unpaired) electrons. The van der Waals surface area contributed by atoms with Crippen molar-refractivity contribution < 1.29 is 23.7 Å². The van der Waals surface area contributed by atoms with Gasteiger partial charge in [-0.2, -0.15) is 0 Å². The average Bonchev–Trinajstić information content (AvgIpc) is 1.64. The van der Waals surface area contributed by atoms with Gasteiger partial charge in [0.1, 0.15) is 5.60 Å². The lowest BCUT2D eigenvalue weighted by atomic mass is 9.58. The summed E-state index contributed by atoms with van der Waals surface area (Å²) in [5.41, 5.74) is 25.7. The molecular formula is C125H186N6O5. The lowest BCUT2D eigenvalue weighted by molar-refractivity contribution is -0.0212. The molecule has 746 valence electrons. The molecule has 7 spiro atoms. The molecule has 7 aromatic carbocycles. The van der Waals surface area contributed by atoms with Crippen LogP contribution in [0.25, 0.3) is 0 Å².